The van der Waals surface area contributed by atoms with Gasteiger partial charge in [0.1, 0.15) is 6.04 Å². The molecule has 0 aliphatic heterocycles. The van der Waals surface area contributed by atoms with E-state index < -0.39 is 18.0 Å². The first-order valence-corrected chi connectivity index (χ1v) is 5.46. The van der Waals surface area contributed by atoms with E-state index in [0.717, 1.165) is 5.57 Å². The lowest BCUT2D eigenvalue weighted by atomic mass is 10.2. The summed E-state index contributed by atoms with van der Waals surface area (Å²) in [5.74, 6) is -1.04. The van der Waals surface area contributed by atoms with Gasteiger partial charge in [-0.05, 0) is 13.3 Å². The number of carbonyl (C=O) groups is 2. The highest BCUT2D eigenvalue weighted by Gasteiger charge is 2.16. The molecule has 2 amide bonds. The van der Waals surface area contributed by atoms with Gasteiger partial charge in [0.05, 0.1) is 13.2 Å². The first-order chi connectivity index (χ1) is 7.97. The number of carboxylic acid groups (broad SMARTS) is 1. The van der Waals surface area contributed by atoms with Gasteiger partial charge in [0.2, 0.25) is 0 Å². The molecule has 0 heterocycles. The lowest BCUT2D eigenvalue weighted by Gasteiger charge is -2.13. The quantitative estimate of drug-likeness (QED) is 0.434. The van der Waals surface area contributed by atoms with E-state index >= 15 is 0 Å². The summed E-state index contributed by atoms with van der Waals surface area (Å²) in [7, 11) is 0. The Morgan fingerprint density at radius 3 is 2.59 bits per heavy atom. The molecule has 0 aromatic carbocycles. The van der Waals surface area contributed by atoms with Gasteiger partial charge >= 0.3 is 12.0 Å². The fourth-order valence-corrected chi connectivity index (χ4v) is 1.03. The number of hydrogen-bond donors (Lipinski definition) is 3. The number of aliphatic carboxylic acids is 1. The van der Waals surface area contributed by atoms with Crippen LogP contribution in [0.2, 0.25) is 0 Å². The van der Waals surface area contributed by atoms with Crippen LogP contribution in [0.25, 0.3) is 0 Å². The van der Waals surface area contributed by atoms with Gasteiger partial charge in [0.15, 0.2) is 0 Å². The molecule has 98 valence electrons. The third-order valence-electron chi connectivity index (χ3n) is 1.89. The molecule has 0 unspecified atom stereocenters. The van der Waals surface area contributed by atoms with Crippen molar-refractivity contribution in [2.24, 2.45) is 0 Å². The number of urea groups is 1. The molecule has 3 N–H and O–H groups in total. The van der Waals surface area contributed by atoms with Gasteiger partial charge in [-0.1, -0.05) is 19.1 Å². The van der Waals surface area contributed by atoms with Crippen LogP contribution in [-0.2, 0) is 9.53 Å². The molecular formula is C11H20N2O4. The molecule has 0 saturated carbocycles. The molecular weight excluding hydrogens is 224 g/mol. The van der Waals surface area contributed by atoms with Crippen LogP contribution >= 0.6 is 0 Å². The predicted octanol–water partition coefficient (Wildman–Crippen LogP) is 0.741. The molecule has 17 heavy (non-hydrogen) atoms. The Hall–Kier alpha value is -1.56. The van der Waals surface area contributed by atoms with Crippen molar-refractivity contribution in [3.05, 3.63) is 12.2 Å². The van der Waals surface area contributed by atoms with Crippen molar-refractivity contribution in [1.82, 2.24) is 10.6 Å². The first kappa shape index (κ1) is 15.4. The fraction of sp³-hybridized carbons (Fsp3) is 0.636. The number of rotatable bonds is 8. The summed E-state index contributed by atoms with van der Waals surface area (Å²) >= 11 is 0. The van der Waals surface area contributed by atoms with Gasteiger partial charge in [-0.2, -0.15) is 0 Å². The van der Waals surface area contributed by atoms with E-state index in [0.29, 0.717) is 26.2 Å². The molecule has 0 fully saturated rings. The second-order valence-corrected chi connectivity index (χ2v) is 3.71. The predicted molar refractivity (Wildman–Crippen MR) is 63.9 cm³/mol. The minimum absolute atomic E-state index is 0.329. The highest BCUT2D eigenvalue weighted by molar-refractivity contribution is 5.82. The largest absolute Gasteiger partial charge is 0.480 e. The second kappa shape index (κ2) is 8.58. The van der Waals surface area contributed by atoms with Gasteiger partial charge in [0, 0.05) is 6.54 Å². The van der Waals surface area contributed by atoms with Crippen LogP contribution in [-0.4, -0.2) is 42.9 Å². The summed E-state index contributed by atoms with van der Waals surface area (Å²) in [5.41, 5.74) is 0.909. The standard InChI is InChI=1S/C11H20N2O4/c1-4-9(10(14)15)13-11(16)12-5-6-17-7-8(2)3/h9H,2,4-7H2,1,3H3,(H,14,15)(H2,12,13,16)/t9-/m1/s1. The summed E-state index contributed by atoms with van der Waals surface area (Å²) in [6.07, 6.45) is 0.342. The third-order valence-corrected chi connectivity index (χ3v) is 1.89. The molecule has 6 nitrogen and oxygen atoms in total. The lowest BCUT2D eigenvalue weighted by molar-refractivity contribution is -0.139. The number of amides is 2. The van der Waals surface area contributed by atoms with E-state index in [9.17, 15) is 9.59 Å². The first-order valence-electron chi connectivity index (χ1n) is 5.46. The average Bonchev–Trinajstić information content (AvgIpc) is 2.24. The van der Waals surface area contributed by atoms with Crippen molar-refractivity contribution < 1.29 is 19.4 Å². The summed E-state index contributed by atoms with van der Waals surface area (Å²) in [5, 5.41) is 13.6. The average molecular weight is 244 g/mol. The zero-order valence-electron chi connectivity index (χ0n) is 10.3. The Morgan fingerprint density at radius 2 is 2.12 bits per heavy atom. The van der Waals surface area contributed by atoms with Crippen molar-refractivity contribution >= 4 is 12.0 Å². The Morgan fingerprint density at radius 1 is 1.47 bits per heavy atom. The molecule has 0 bridgehead atoms. The van der Waals surface area contributed by atoms with Crippen LogP contribution in [0.4, 0.5) is 4.79 Å². The molecule has 0 aromatic heterocycles. The van der Waals surface area contributed by atoms with Crippen LogP contribution in [0.1, 0.15) is 20.3 Å². The molecule has 0 aliphatic carbocycles. The van der Waals surface area contributed by atoms with Crippen LogP contribution in [0, 0.1) is 0 Å². The topological polar surface area (TPSA) is 87.7 Å². The Labute approximate surface area is 101 Å². The zero-order valence-corrected chi connectivity index (χ0v) is 10.3. The smallest absolute Gasteiger partial charge is 0.326 e. The highest BCUT2D eigenvalue weighted by atomic mass is 16.5. The van der Waals surface area contributed by atoms with E-state index in [4.69, 9.17) is 9.84 Å². The van der Waals surface area contributed by atoms with Crippen molar-refractivity contribution in [3.8, 4) is 0 Å². The Bertz CT molecular complexity index is 279. The van der Waals surface area contributed by atoms with Crippen molar-refractivity contribution in [2.75, 3.05) is 19.8 Å². The Kier molecular flexibility index (Phi) is 7.79. The minimum atomic E-state index is -1.04. The maximum Gasteiger partial charge on any atom is 0.326 e. The number of ether oxygens (including phenoxy) is 1. The summed E-state index contributed by atoms with van der Waals surface area (Å²) < 4.78 is 5.17. The van der Waals surface area contributed by atoms with Crippen LogP contribution in [0.3, 0.4) is 0 Å². The summed E-state index contributed by atoms with van der Waals surface area (Å²) in [6, 6.07) is -1.36. The van der Waals surface area contributed by atoms with E-state index in [1.54, 1.807) is 6.92 Å². The van der Waals surface area contributed by atoms with Crippen molar-refractivity contribution in [3.63, 3.8) is 0 Å². The molecule has 6 heteroatoms. The van der Waals surface area contributed by atoms with E-state index in [2.05, 4.69) is 17.2 Å². The lowest BCUT2D eigenvalue weighted by Crippen LogP contribution is -2.46. The maximum atomic E-state index is 11.3. The summed E-state index contributed by atoms with van der Waals surface area (Å²) in [4.78, 5) is 21.9. The fourth-order valence-electron chi connectivity index (χ4n) is 1.03. The highest BCUT2D eigenvalue weighted by Crippen LogP contribution is 1.90. The second-order valence-electron chi connectivity index (χ2n) is 3.71. The molecule has 0 aliphatic rings. The number of carboxylic acids is 1. The van der Waals surface area contributed by atoms with Crippen LogP contribution < -0.4 is 10.6 Å². The molecule has 0 aromatic rings. The molecule has 1 atom stereocenters. The SMILES string of the molecule is C=C(C)COCCNC(=O)N[C@H](CC)C(=O)O. The monoisotopic (exact) mass is 244 g/mol. The molecule has 0 saturated heterocycles. The maximum absolute atomic E-state index is 11.3. The van der Waals surface area contributed by atoms with Gasteiger partial charge in [-0.25, -0.2) is 9.59 Å². The molecule has 0 radical (unpaired) electrons. The number of carbonyl (C=O) groups excluding carboxylic acids is 1. The number of hydrogen-bond acceptors (Lipinski definition) is 3. The molecule has 0 spiro atoms. The number of nitrogens with one attached hydrogen (secondary N) is 2. The Balaban J connectivity index is 3.65. The van der Waals surface area contributed by atoms with E-state index in [1.165, 1.54) is 0 Å². The molecule has 0 rings (SSSR count). The minimum Gasteiger partial charge on any atom is -0.480 e. The summed E-state index contributed by atoms with van der Waals surface area (Å²) in [6.45, 7) is 8.35. The van der Waals surface area contributed by atoms with Crippen LogP contribution in [0.5, 0.6) is 0 Å². The van der Waals surface area contributed by atoms with E-state index in [-0.39, 0.29) is 0 Å². The van der Waals surface area contributed by atoms with E-state index in [1.807, 2.05) is 6.92 Å². The van der Waals surface area contributed by atoms with Crippen LogP contribution in [0.15, 0.2) is 12.2 Å². The van der Waals surface area contributed by atoms with Gasteiger partial charge in [-0.15, -0.1) is 0 Å². The normalized spacial score (nSPS) is 11.6. The van der Waals surface area contributed by atoms with Gasteiger partial charge in [-0.3, -0.25) is 0 Å². The zero-order chi connectivity index (χ0) is 13.3. The van der Waals surface area contributed by atoms with Crippen molar-refractivity contribution in [1.29, 1.82) is 0 Å². The third kappa shape index (κ3) is 8.27. The van der Waals surface area contributed by atoms with Crippen molar-refractivity contribution in [2.45, 2.75) is 26.3 Å². The van der Waals surface area contributed by atoms with Gasteiger partial charge < -0.3 is 20.5 Å². The van der Waals surface area contributed by atoms with Gasteiger partial charge in [0.25, 0.3) is 0 Å².